The highest BCUT2D eigenvalue weighted by Gasteiger charge is 2.16. The van der Waals surface area contributed by atoms with Gasteiger partial charge >= 0.3 is 0 Å². The highest BCUT2D eigenvalue weighted by atomic mass is 127. The lowest BCUT2D eigenvalue weighted by atomic mass is 9.99. The Balaban J connectivity index is 0.00000272. The summed E-state index contributed by atoms with van der Waals surface area (Å²) in [7, 11) is 0. The summed E-state index contributed by atoms with van der Waals surface area (Å²) < 4.78 is 10.8. The summed E-state index contributed by atoms with van der Waals surface area (Å²) in [5.74, 6) is 4.27. The van der Waals surface area contributed by atoms with Gasteiger partial charge in [0.15, 0.2) is 17.5 Å². The maximum atomic E-state index is 5.45. The Morgan fingerprint density at radius 1 is 1.10 bits per heavy atom. The second-order valence-electron chi connectivity index (χ2n) is 7.93. The van der Waals surface area contributed by atoms with E-state index in [4.69, 9.17) is 14.5 Å². The number of fused-ring (bicyclic) bond motifs is 1. The highest BCUT2D eigenvalue weighted by Crippen LogP contribution is 2.32. The molecule has 2 aliphatic rings. The Morgan fingerprint density at radius 3 is 2.61 bits per heavy atom. The van der Waals surface area contributed by atoms with Gasteiger partial charge < -0.3 is 25.0 Å². The first kappa shape index (κ1) is 23.4. The van der Waals surface area contributed by atoms with E-state index in [1.165, 1.54) is 12.8 Å². The van der Waals surface area contributed by atoms with Gasteiger partial charge in [0.05, 0.1) is 6.54 Å². The summed E-state index contributed by atoms with van der Waals surface area (Å²) >= 11 is 0. The number of aromatic nitrogens is 1. The molecule has 0 aliphatic carbocycles. The second-order valence-corrected chi connectivity index (χ2v) is 7.93. The van der Waals surface area contributed by atoms with Crippen LogP contribution in [0.1, 0.15) is 37.8 Å². The summed E-state index contributed by atoms with van der Waals surface area (Å²) in [6.07, 6.45) is 4.43. The number of guanidine groups is 1. The van der Waals surface area contributed by atoms with Gasteiger partial charge in [0, 0.05) is 32.4 Å². The zero-order chi connectivity index (χ0) is 20.8. The van der Waals surface area contributed by atoms with Gasteiger partial charge in [-0.25, -0.2) is 9.98 Å². The van der Waals surface area contributed by atoms with Crippen molar-refractivity contribution in [2.24, 2.45) is 10.9 Å². The van der Waals surface area contributed by atoms with Crippen molar-refractivity contribution in [2.75, 3.05) is 31.3 Å². The molecule has 0 spiro atoms. The molecule has 7 nitrogen and oxygen atoms in total. The minimum absolute atomic E-state index is 0. The van der Waals surface area contributed by atoms with Crippen LogP contribution in [0.4, 0.5) is 5.82 Å². The molecule has 1 fully saturated rings. The first-order valence-electron chi connectivity index (χ1n) is 10.8. The van der Waals surface area contributed by atoms with Crippen molar-refractivity contribution < 1.29 is 9.47 Å². The fourth-order valence-electron chi connectivity index (χ4n) is 3.68. The second kappa shape index (κ2) is 11.4. The Labute approximate surface area is 201 Å². The molecule has 2 N–H and O–H groups in total. The summed E-state index contributed by atoms with van der Waals surface area (Å²) in [6.45, 7) is 8.92. The number of benzene rings is 1. The molecule has 8 heteroatoms. The number of halogens is 1. The third-order valence-corrected chi connectivity index (χ3v) is 5.58. The van der Waals surface area contributed by atoms with E-state index >= 15 is 0 Å². The highest BCUT2D eigenvalue weighted by molar-refractivity contribution is 14.0. The first-order valence-corrected chi connectivity index (χ1v) is 10.8. The van der Waals surface area contributed by atoms with Gasteiger partial charge in [-0.2, -0.15) is 0 Å². The molecule has 168 valence electrons. The van der Waals surface area contributed by atoms with Crippen LogP contribution in [0.25, 0.3) is 0 Å². The smallest absolute Gasteiger partial charge is 0.231 e. The van der Waals surface area contributed by atoms with Crippen molar-refractivity contribution in [1.82, 2.24) is 15.6 Å². The van der Waals surface area contributed by atoms with Crippen LogP contribution < -0.4 is 25.0 Å². The van der Waals surface area contributed by atoms with Crippen LogP contribution in [0, 0.1) is 5.92 Å². The van der Waals surface area contributed by atoms with Crippen LogP contribution in [-0.4, -0.2) is 37.4 Å². The molecule has 0 unspecified atom stereocenters. The Bertz CT molecular complexity index is 867. The van der Waals surface area contributed by atoms with Crippen LogP contribution in [0.5, 0.6) is 11.5 Å². The zero-order valence-corrected chi connectivity index (χ0v) is 20.6. The zero-order valence-electron chi connectivity index (χ0n) is 18.3. The van der Waals surface area contributed by atoms with Crippen molar-refractivity contribution in [3.63, 3.8) is 0 Å². The third-order valence-electron chi connectivity index (χ3n) is 5.58. The van der Waals surface area contributed by atoms with Crippen LogP contribution in [0.15, 0.2) is 41.5 Å². The van der Waals surface area contributed by atoms with Gasteiger partial charge in [-0.3, -0.25) is 0 Å². The molecule has 2 aromatic rings. The summed E-state index contributed by atoms with van der Waals surface area (Å²) in [6, 6.07) is 10.2. The number of nitrogens with zero attached hydrogens (tertiary/aromatic N) is 3. The number of rotatable bonds is 6. The molecule has 0 saturated carbocycles. The van der Waals surface area contributed by atoms with Crippen LogP contribution in [0.3, 0.4) is 0 Å². The normalized spacial score (nSPS) is 16.1. The summed E-state index contributed by atoms with van der Waals surface area (Å²) in [5.41, 5.74) is 2.22. The predicted molar refractivity (Wildman–Crippen MR) is 134 cm³/mol. The quantitative estimate of drug-likeness (QED) is 0.331. The van der Waals surface area contributed by atoms with E-state index in [2.05, 4.69) is 46.5 Å². The van der Waals surface area contributed by atoms with E-state index in [9.17, 15) is 0 Å². The molecule has 2 aliphatic heterocycles. The number of aliphatic imine (C=N–C) groups is 1. The molecule has 0 atom stereocenters. The van der Waals surface area contributed by atoms with E-state index in [0.29, 0.717) is 19.9 Å². The molecule has 0 amide bonds. The van der Waals surface area contributed by atoms with Gasteiger partial charge in [-0.05, 0) is 55.0 Å². The van der Waals surface area contributed by atoms with Crippen molar-refractivity contribution in [1.29, 1.82) is 0 Å². The Morgan fingerprint density at radius 2 is 1.87 bits per heavy atom. The summed E-state index contributed by atoms with van der Waals surface area (Å²) in [4.78, 5) is 11.8. The van der Waals surface area contributed by atoms with Gasteiger partial charge in [0.2, 0.25) is 6.79 Å². The number of nitrogens with one attached hydrogen (secondary N) is 2. The Hall–Kier alpha value is -2.23. The predicted octanol–water partition coefficient (Wildman–Crippen LogP) is 3.92. The number of piperidine rings is 1. The monoisotopic (exact) mass is 537 g/mol. The van der Waals surface area contributed by atoms with E-state index in [-0.39, 0.29) is 24.0 Å². The van der Waals surface area contributed by atoms with E-state index in [1.807, 2.05) is 24.4 Å². The molecule has 3 heterocycles. The molecular formula is C23H32IN5O2. The van der Waals surface area contributed by atoms with Gasteiger partial charge in [0.1, 0.15) is 5.82 Å². The molecule has 1 aromatic heterocycles. The summed E-state index contributed by atoms with van der Waals surface area (Å²) in [5, 5.41) is 6.68. The van der Waals surface area contributed by atoms with E-state index in [1.54, 1.807) is 0 Å². The SMILES string of the molecule is CCNC(=NCc1ccc(N2CCC(C)CC2)nc1)NCc1ccc2c(c1)OCO2.I. The lowest BCUT2D eigenvalue weighted by Gasteiger charge is -2.31. The minimum Gasteiger partial charge on any atom is -0.454 e. The van der Waals surface area contributed by atoms with Crippen molar-refractivity contribution in [3.8, 4) is 11.5 Å². The van der Waals surface area contributed by atoms with Gasteiger partial charge in [-0.1, -0.05) is 19.1 Å². The fraction of sp³-hybridized carbons (Fsp3) is 0.478. The van der Waals surface area contributed by atoms with Crippen LogP contribution >= 0.6 is 24.0 Å². The average molecular weight is 537 g/mol. The standard InChI is InChI=1S/C23H31N5O2.HI/c1-3-24-23(26-13-18-4-6-20-21(12-18)30-16-29-20)27-15-19-5-7-22(25-14-19)28-10-8-17(2)9-11-28;/h4-7,12,14,17H,3,8-11,13,15-16H2,1-2H3,(H2,24,26,27);1H. The Kier molecular flexibility index (Phi) is 8.62. The van der Waals surface area contributed by atoms with Crippen LogP contribution in [-0.2, 0) is 13.1 Å². The molecule has 1 saturated heterocycles. The maximum Gasteiger partial charge on any atom is 0.231 e. The number of pyridine rings is 1. The number of hydrogen-bond acceptors (Lipinski definition) is 5. The lowest BCUT2D eigenvalue weighted by molar-refractivity contribution is 0.174. The molecule has 0 radical (unpaired) electrons. The largest absolute Gasteiger partial charge is 0.454 e. The maximum absolute atomic E-state index is 5.45. The van der Waals surface area contributed by atoms with E-state index in [0.717, 1.165) is 60.0 Å². The van der Waals surface area contributed by atoms with Crippen molar-refractivity contribution in [2.45, 2.75) is 39.8 Å². The van der Waals surface area contributed by atoms with Crippen LogP contribution in [0.2, 0.25) is 0 Å². The topological polar surface area (TPSA) is 71.0 Å². The lowest BCUT2D eigenvalue weighted by Crippen LogP contribution is -2.36. The molecule has 0 bridgehead atoms. The molecule has 1 aromatic carbocycles. The molecular weight excluding hydrogens is 505 g/mol. The minimum atomic E-state index is 0. The van der Waals surface area contributed by atoms with E-state index < -0.39 is 0 Å². The van der Waals surface area contributed by atoms with Crippen molar-refractivity contribution >= 4 is 35.8 Å². The molecule has 31 heavy (non-hydrogen) atoms. The number of ether oxygens (including phenoxy) is 2. The fourth-order valence-corrected chi connectivity index (χ4v) is 3.68. The number of anilines is 1. The van der Waals surface area contributed by atoms with Gasteiger partial charge in [-0.15, -0.1) is 24.0 Å². The first-order chi connectivity index (χ1) is 14.7. The molecule has 4 rings (SSSR count). The van der Waals surface area contributed by atoms with Gasteiger partial charge in [0.25, 0.3) is 0 Å². The number of hydrogen-bond donors (Lipinski definition) is 2. The third kappa shape index (κ3) is 6.38. The van der Waals surface area contributed by atoms with Crippen molar-refractivity contribution in [3.05, 3.63) is 47.7 Å². The average Bonchev–Trinajstić information content (AvgIpc) is 3.24.